The minimum absolute atomic E-state index is 0.0359. The lowest BCUT2D eigenvalue weighted by Gasteiger charge is -2.04. The first-order chi connectivity index (χ1) is 7.79. The third-order valence-corrected chi connectivity index (χ3v) is 2.29. The van der Waals surface area contributed by atoms with E-state index in [2.05, 4.69) is 15.5 Å². The molecule has 3 N–H and O–H groups in total. The predicted octanol–water partition coefficient (Wildman–Crippen LogP) is 1.27. The first-order valence-electron chi connectivity index (χ1n) is 5.13. The fourth-order valence-electron chi connectivity index (χ4n) is 1.48. The van der Waals surface area contributed by atoms with Gasteiger partial charge in [0.1, 0.15) is 0 Å². The molecular formula is C11H13N3O2. The van der Waals surface area contributed by atoms with E-state index in [0.717, 1.165) is 16.6 Å². The molecule has 0 aliphatic heterocycles. The number of anilines is 1. The molecule has 2 rings (SSSR count). The van der Waals surface area contributed by atoms with Crippen molar-refractivity contribution in [3.05, 3.63) is 24.4 Å². The number of rotatable bonds is 4. The van der Waals surface area contributed by atoms with Crippen molar-refractivity contribution in [3.63, 3.8) is 0 Å². The molecular weight excluding hydrogens is 206 g/mol. The number of hydrogen-bond acceptors (Lipinski definition) is 3. The molecule has 16 heavy (non-hydrogen) atoms. The summed E-state index contributed by atoms with van der Waals surface area (Å²) in [4.78, 5) is 11.4. The van der Waals surface area contributed by atoms with Crippen molar-refractivity contribution in [1.29, 1.82) is 0 Å². The second kappa shape index (κ2) is 4.76. The van der Waals surface area contributed by atoms with Gasteiger partial charge >= 0.3 is 0 Å². The molecule has 0 aliphatic carbocycles. The van der Waals surface area contributed by atoms with Crippen LogP contribution in [0.25, 0.3) is 10.9 Å². The summed E-state index contributed by atoms with van der Waals surface area (Å²) in [6.07, 6.45) is 2.53. The highest BCUT2D eigenvalue weighted by atomic mass is 16.3. The maximum atomic E-state index is 11.4. The number of aromatic nitrogens is 2. The lowest BCUT2D eigenvalue weighted by atomic mass is 10.2. The average Bonchev–Trinajstić information content (AvgIpc) is 2.73. The SMILES string of the molecule is O=C(CCCO)Nc1ccc2[nH]ncc2c1. The molecule has 1 amide bonds. The Kier molecular flexibility index (Phi) is 3.16. The lowest BCUT2D eigenvalue weighted by molar-refractivity contribution is -0.116. The van der Waals surface area contributed by atoms with Crippen molar-refractivity contribution in [2.24, 2.45) is 0 Å². The van der Waals surface area contributed by atoms with E-state index in [0.29, 0.717) is 12.8 Å². The van der Waals surface area contributed by atoms with Crippen LogP contribution in [0.2, 0.25) is 0 Å². The minimum atomic E-state index is -0.0862. The molecule has 84 valence electrons. The zero-order chi connectivity index (χ0) is 11.4. The second-order valence-electron chi connectivity index (χ2n) is 3.55. The predicted molar refractivity (Wildman–Crippen MR) is 61.0 cm³/mol. The van der Waals surface area contributed by atoms with Crippen molar-refractivity contribution in [1.82, 2.24) is 10.2 Å². The van der Waals surface area contributed by atoms with Crippen molar-refractivity contribution in [2.45, 2.75) is 12.8 Å². The molecule has 0 spiro atoms. The molecule has 5 nitrogen and oxygen atoms in total. The van der Waals surface area contributed by atoms with Gasteiger partial charge in [0.05, 0.1) is 11.7 Å². The summed E-state index contributed by atoms with van der Waals surface area (Å²) in [5.74, 6) is -0.0862. The van der Waals surface area contributed by atoms with E-state index in [-0.39, 0.29) is 12.5 Å². The summed E-state index contributed by atoms with van der Waals surface area (Å²) in [6, 6.07) is 5.54. The molecule has 2 aromatic rings. The Balaban J connectivity index is 2.06. The first-order valence-corrected chi connectivity index (χ1v) is 5.13. The van der Waals surface area contributed by atoms with E-state index in [1.54, 1.807) is 6.20 Å². The monoisotopic (exact) mass is 219 g/mol. The van der Waals surface area contributed by atoms with Gasteiger partial charge in [-0.25, -0.2) is 0 Å². The summed E-state index contributed by atoms with van der Waals surface area (Å²) >= 11 is 0. The Bertz CT molecular complexity index is 493. The number of fused-ring (bicyclic) bond motifs is 1. The summed E-state index contributed by atoms with van der Waals surface area (Å²) in [5, 5.41) is 19.1. The quantitative estimate of drug-likeness (QED) is 0.724. The van der Waals surface area contributed by atoms with Crippen molar-refractivity contribution < 1.29 is 9.90 Å². The number of carbonyl (C=O) groups excluding carboxylic acids is 1. The number of aliphatic hydroxyl groups excluding tert-OH is 1. The van der Waals surface area contributed by atoms with E-state index in [4.69, 9.17) is 5.11 Å². The van der Waals surface area contributed by atoms with Crippen LogP contribution in [0.5, 0.6) is 0 Å². The third kappa shape index (κ3) is 2.38. The number of amides is 1. The molecule has 0 aliphatic rings. The van der Waals surface area contributed by atoms with Crippen LogP contribution in [0, 0.1) is 0 Å². The largest absolute Gasteiger partial charge is 0.396 e. The van der Waals surface area contributed by atoms with Gasteiger partial charge in [-0.1, -0.05) is 0 Å². The summed E-state index contributed by atoms with van der Waals surface area (Å²) in [6.45, 7) is 0.0359. The standard InChI is InChI=1S/C11H13N3O2/c15-5-1-2-11(16)13-9-3-4-10-8(6-9)7-12-14-10/h3-4,6-7,15H,1-2,5H2,(H,12,14)(H,13,16). The molecule has 1 aromatic carbocycles. The van der Waals surface area contributed by atoms with Crippen LogP contribution in [-0.2, 0) is 4.79 Å². The zero-order valence-corrected chi connectivity index (χ0v) is 8.73. The van der Waals surface area contributed by atoms with E-state index in [9.17, 15) is 4.79 Å². The highest BCUT2D eigenvalue weighted by Crippen LogP contribution is 2.16. The average molecular weight is 219 g/mol. The van der Waals surface area contributed by atoms with Crippen LogP contribution in [0.1, 0.15) is 12.8 Å². The number of H-pyrrole nitrogens is 1. The van der Waals surface area contributed by atoms with Gasteiger partial charge in [0, 0.05) is 24.1 Å². The van der Waals surface area contributed by atoms with Crippen LogP contribution in [0.15, 0.2) is 24.4 Å². The zero-order valence-electron chi connectivity index (χ0n) is 8.73. The van der Waals surface area contributed by atoms with E-state index >= 15 is 0 Å². The number of nitrogens with one attached hydrogen (secondary N) is 2. The number of nitrogens with zero attached hydrogens (tertiary/aromatic N) is 1. The van der Waals surface area contributed by atoms with Gasteiger partial charge in [-0.3, -0.25) is 9.89 Å². The third-order valence-electron chi connectivity index (χ3n) is 2.29. The fourth-order valence-corrected chi connectivity index (χ4v) is 1.48. The molecule has 0 unspecified atom stereocenters. The molecule has 0 atom stereocenters. The lowest BCUT2D eigenvalue weighted by Crippen LogP contribution is -2.11. The van der Waals surface area contributed by atoms with E-state index < -0.39 is 0 Å². The van der Waals surface area contributed by atoms with Crippen molar-refractivity contribution >= 4 is 22.5 Å². The topological polar surface area (TPSA) is 78.0 Å². The molecule has 0 saturated carbocycles. The fraction of sp³-hybridized carbons (Fsp3) is 0.273. The van der Waals surface area contributed by atoms with Gasteiger partial charge in [-0.05, 0) is 24.6 Å². The van der Waals surface area contributed by atoms with Gasteiger partial charge < -0.3 is 10.4 Å². The van der Waals surface area contributed by atoms with Crippen molar-refractivity contribution in [2.75, 3.05) is 11.9 Å². The highest BCUT2D eigenvalue weighted by molar-refractivity contribution is 5.93. The molecule has 0 radical (unpaired) electrons. The van der Waals surface area contributed by atoms with Crippen LogP contribution < -0.4 is 5.32 Å². The Labute approximate surface area is 92.5 Å². The number of carbonyl (C=O) groups is 1. The molecule has 0 bridgehead atoms. The van der Waals surface area contributed by atoms with Gasteiger partial charge in [-0.15, -0.1) is 0 Å². The molecule has 5 heteroatoms. The molecule has 1 heterocycles. The number of aromatic amines is 1. The van der Waals surface area contributed by atoms with Gasteiger partial charge in [0.2, 0.25) is 5.91 Å². The Morgan fingerprint density at radius 2 is 2.38 bits per heavy atom. The van der Waals surface area contributed by atoms with Crippen LogP contribution in [0.4, 0.5) is 5.69 Å². The summed E-state index contributed by atoms with van der Waals surface area (Å²) in [5.41, 5.74) is 1.69. The van der Waals surface area contributed by atoms with Gasteiger partial charge in [0.25, 0.3) is 0 Å². The normalized spacial score (nSPS) is 10.6. The van der Waals surface area contributed by atoms with Crippen molar-refractivity contribution in [3.8, 4) is 0 Å². The highest BCUT2D eigenvalue weighted by Gasteiger charge is 2.03. The number of benzene rings is 1. The number of hydrogen-bond donors (Lipinski definition) is 3. The maximum Gasteiger partial charge on any atom is 0.224 e. The van der Waals surface area contributed by atoms with E-state index in [1.807, 2.05) is 18.2 Å². The minimum Gasteiger partial charge on any atom is -0.396 e. The molecule has 1 aromatic heterocycles. The number of aliphatic hydroxyl groups is 1. The van der Waals surface area contributed by atoms with Crippen LogP contribution >= 0.6 is 0 Å². The Morgan fingerprint density at radius 1 is 1.50 bits per heavy atom. The Hall–Kier alpha value is -1.88. The van der Waals surface area contributed by atoms with Gasteiger partial charge in [-0.2, -0.15) is 5.10 Å². The first kappa shape index (κ1) is 10.6. The second-order valence-corrected chi connectivity index (χ2v) is 3.55. The maximum absolute atomic E-state index is 11.4. The smallest absolute Gasteiger partial charge is 0.224 e. The van der Waals surface area contributed by atoms with Crippen LogP contribution in [-0.4, -0.2) is 27.8 Å². The molecule has 0 fully saturated rings. The Morgan fingerprint density at radius 3 is 3.19 bits per heavy atom. The van der Waals surface area contributed by atoms with E-state index in [1.165, 1.54) is 0 Å². The summed E-state index contributed by atoms with van der Waals surface area (Å²) in [7, 11) is 0. The molecule has 0 saturated heterocycles. The van der Waals surface area contributed by atoms with Crippen LogP contribution in [0.3, 0.4) is 0 Å². The van der Waals surface area contributed by atoms with Gasteiger partial charge in [0.15, 0.2) is 0 Å². The summed E-state index contributed by atoms with van der Waals surface area (Å²) < 4.78 is 0.